The molecule has 6 heterocycles. The molecule has 0 atom stereocenters. The SMILES string of the molecule is C=PN1c2cc3ccccc3cc2B2c3c1cc1c4c3-c3c5c(ccn52)cc2ccn(c32)B4c2cc3ccccc3cc2N1P=C. The maximum atomic E-state index is 4.49. The predicted octanol–water partition coefficient (Wildman–Crippen LogP) is 6.99. The van der Waals surface area contributed by atoms with E-state index in [1.54, 1.807) is 0 Å². The second-order valence-corrected chi connectivity index (χ2v) is 14.3. The summed E-state index contributed by atoms with van der Waals surface area (Å²) in [7, 11) is 1.89. The molecule has 0 radical (unpaired) electrons. The third kappa shape index (κ3) is 2.60. The molecule has 210 valence electrons. The van der Waals surface area contributed by atoms with E-state index < -0.39 is 0 Å². The number of rotatable bonds is 2. The van der Waals surface area contributed by atoms with Crippen molar-refractivity contribution < 1.29 is 0 Å². The second-order valence-electron chi connectivity index (χ2n) is 12.9. The minimum absolute atomic E-state index is 0.0706. The maximum absolute atomic E-state index is 4.49. The van der Waals surface area contributed by atoms with Gasteiger partial charge in [-0.1, -0.05) is 73.3 Å². The number of anilines is 4. The first kappa shape index (κ1) is 24.3. The molecule has 8 heteroatoms. The summed E-state index contributed by atoms with van der Waals surface area (Å²) in [5.41, 5.74) is 15.9. The molecule has 2 aromatic heterocycles. The van der Waals surface area contributed by atoms with Crippen LogP contribution >= 0.6 is 16.7 Å². The molecule has 0 unspecified atom stereocenters. The lowest BCUT2D eigenvalue weighted by Gasteiger charge is -2.45. The molecule has 6 aromatic carbocycles. The van der Waals surface area contributed by atoms with Gasteiger partial charge in [-0.2, -0.15) is 0 Å². The van der Waals surface area contributed by atoms with Crippen LogP contribution in [0.15, 0.2) is 109 Å². The molecule has 4 aliphatic rings. The maximum Gasteiger partial charge on any atom is 0.332 e. The second kappa shape index (κ2) is 8.03. The summed E-state index contributed by atoms with van der Waals surface area (Å²) in [4.78, 5) is 0. The molecule has 0 fully saturated rings. The van der Waals surface area contributed by atoms with Crippen molar-refractivity contribution in [2.24, 2.45) is 0 Å². The third-order valence-corrected chi connectivity index (χ3v) is 12.4. The van der Waals surface area contributed by atoms with Crippen LogP contribution in [0.3, 0.4) is 0 Å². The molecule has 0 bridgehead atoms. The Balaban J connectivity index is 1.31. The largest absolute Gasteiger partial charge is 0.382 e. The summed E-state index contributed by atoms with van der Waals surface area (Å²) in [6.07, 6.45) is 13.6. The lowest BCUT2D eigenvalue weighted by atomic mass is 9.39. The minimum Gasteiger partial charge on any atom is -0.382 e. The number of hydrogen-bond donors (Lipinski definition) is 0. The first-order chi connectivity index (χ1) is 22.7. The van der Waals surface area contributed by atoms with Crippen LogP contribution in [0.2, 0.25) is 0 Å². The first-order valence-corrected chi connectivity index (χ1v) is 17.7. The Kier molecular flexibility index (Phi) is 4.24. The predicted molar refractivity (Wildman–Crippen MR) is 204 cm³/mol. The Labute approximate surface area is 269 Å². The highest BCUT2D eigenvalue weighted by Crippen LogP contribution is 2.50. The van der Waals surface area contributed by atoms with Crippen LogP contribution in [0, 0.1) is 0 Å². The summed E-state index contributed by atoms with van der Waals surface area (Å²) < 4.78 is 10.00. The fourth-order valence-corrected chi connectivity index (χ4v) is 10.5. The Morgan fingerprint density at radius 3 is 1.37 bits per heavy atom. The number of benzene rings is 6. The average Bonchev–Trinajstić information content (AvgIpc) is 3.72. The zero-order valence-corrected chi connectivity index (χ0v) is 26.4. The van der Waals surface area contributed by atoms with E-state index in [1.807, 2.05) is 0 Å². The lowest BCUT2D eigenvalue weighted by Crippen LogP contribution is -2.62. The van der Waals surface area contributed by atoms with E-state index in [0.29, 0.717) is 0 Å². The summed E-state index contributed by atoms with van der Waals surface area (Å²) in [5.74, 6) is 0. The van der Waals surface area contributed by atoms with Crippen LogP contribution in [-0.2, 0) is 0 Å². The normalized spacial score (nSPS) is 14.9. The van der Waals surface area contributed by atoms with Gasteiger partial charge >= 0.3 is 13.7 Å². The average molecular weight is 618 g/mol. The van der Waals surface area contributed by atoms with Gasteiger partial charge in [0.05, 0.1) is 0 Å². The molecule has 0 saturated carbocycles. The van der Waals surface area contributed by atoms with Gasteiger partial charge in [-0.3, -0.25) is 9.34 Å². The van der Waals surface area contributed by atoms with E-state index in [0.717, 1.165) is 16.7 Å². The van der Waals surface area contributed by atoms with Gasteiger partial charge in [0.1, 0.15) is 0 Å². The number of nitrogens with zero attached hydrogens (tertiary/aromatic N) is 4. The van der Waals surface area contributed by atoms with E-state index in [4.69, 9.17) is 0 Å². The van der Waals surface area contributed by atoms with Crippen molar-refractivity contribution in [2.45, 2.75) is 0 Å². The summed E-state index contributed by atoms with van der Waals surface area (Å²) in [5, 5.41) is 7.66. The molecule has 0 aliphatic carbocycles. The van der Waals surface area contributed by atoms with E-state index in [-0.39, 0.29) is 13.7 Å². The number of aromatic nitrogens is 2. The molecule has 4 aliphatic heterocycles. The third-order valence-electron chi connectivity index (χ3n) is 11.0. The van der Waals surface area contributed by atoms with Gasteiger partial charge in [0.15, 0.2) is 0 Å². The van der Waals surface area contributed by atoms with Gasteiger partial charge in [-0.25, -0.2) is 0 Å². The van der Waals surface area contributed by atoms with Crippen molar-refractivity contribution in [2.75, 3.05) is 9.34 Å². The summed E-state index contributed by atoms with van der Waals surface area (Å²) in [6.45, 7) is 0.141. The monoisotopic (exact) mass is 618 g/mol. The lowest BCUT2D eigenvalue weighted by molar-refractivity contribution is 1.23. The van der Waals surface area contributed by atoms with Crippen molar-refractivity contribution >= 4 is 131 Å². The van der Waals surface area contributed by atoms with Gasteiger partial charge in [-0.05, 0) is 109 Å². The van der Waals surface area contributed by atoms with Crippen molar-refractivity contribution in [3.63, 3.8) is 0 Å². The van der Waals surface area contributed by atoms with Crippen LogP contribution in [0.4, 0.5) is 22.7 Å². The summed E-state index contributed by atoms with van der Waals surface area (Å²) in [6, 6.07) is 36.6. The topological polar surface area (TPSA) is 16.3 Å². The van der Waals surface area contributed by atoms with Gasteiger partial charge in [0, 0.05) is 56.1 Å². The standard InChI is InChI=1S/C38H22B2N4P2/c1-45-43-29-18-23-9-5-3-7-21(23)16-27(29)39-35-31(43)20-32-36-33(35)34-37-25(11-13-41(37)39)15-26-12-14-42(38(26)34)40(36)28-17-22-8-4-6-10-24(22)19-30(28)44(32)46-2/h3-20H,1-2H2. The molecule has 0 saturated heterocycles. The first-order valence-electron chi connectivity index (χ1n) is 15.7. The highest BCUT2D eigenvalue weighted by Gasteiger charge is 2.49. The Hall–Kier alpha value is -5.01. The van der Waals surface area contributed by atoms with Gasteiger partial charge in [-0.15, -0.1) is 0 Å². The van der Waals surface area contributed by atoms with Gasteiger partial charge in [0.25, 0.3) is 0 Å². The highest BCUT2D eigenvalue weighted by atomic mass is 31.1. The molecule has 0 spiro atoms. The van der Waals surface area contributed by atoms with Crippen molar-refractivity contribution in [1.82, 2.24) is 8.96 Å². The fraction of sp³-hybridized carbons (Fsp3) is 0. The zero-order chi connectivity index (χ0) is 30.0. The molecule has 4 nitrogen and oxygen atoms in total. The molecule has 46 heavy (non-hydrogen) atoms. The van der Waals surface area contributed by atoms with Gasteiger partial charge < -0.3 is 8.96 Å². The van der Waals surface area contributed by atoms with Crippen molar-refractivity contribution in [3.8, 4) is 11.1 Å². The molecular formula is C38H22B2N4P2. The quantitative estimate of drug-likeness (QED) is 0.154. The van der Waals surface area contributed by atoms with Crippen LogP contribution < -0.4 is 31.2 Å². The molecular weight excluding hydrogens is 596 g/mol. The smallest absolute Gasteiger partial charge is 0.332 e. The molecule has 0 N–H and O–H groups in total. The summed E-state index contributed by atoms with van der Waals surface area (Å²) >= 11 is 0. The molecule has 0 amide bonds. The molecule has 12 rings (SSSR count). The highest BCUT2D eigenvalue weighted by molar-refractivity contribution is 7.40. The van der Waals surface area contributed by atoms with Crippen molar-refractivity contribution in [3.05, 3.63) is 109 Å². The van der Waals surface area contributed by atoms with Crippen molar-refractivity contribution in [1.29, 1.82) is 0 Å². The Bertz CT molecular complexity index is 2610. The van der Waals surface area contributed by atoms with E-state index in [1.165, 1.54) is 99.1 Å². The molecule has 8 aromatic rings. The zero-order valence-electron chi connectivity index (χ0n) is 24.6. The van der Waals surface area contributed by atoms with E-state index >= 15 is 0 Å². The van der Waals surface area contributed by atoms with Crippen LogP contribution in [0.1, 0.15) is 0 Å². The number of hydrogen-bond acceptors (Lipinski definition) is 2. The minimum atomic E-state index is 0.0706. The van der Waals surface area contributed by atoms with Crippen LogP contribution in [0.25, 0.3) is 54.5 Å². The van der Waals surface area contributed by atoms with E-state index in [9.17, 15) is 0 Å². The van der Waals surface area contributed by atoms with Crippen LogP contribution in [-0.4, -0.2) is 35.3 Å². The Morgan fingerprint density at radius 2 is 0.913 bits per heavy atom. The van der Waals surface area contributed by atoms with E-state index in [2.05, 4.69) is 140 Å². The van der Waals surface area contributed by atoms with Crippen LogP contribution in [0.5, 0.6) is 0 Å². The Morgan fingerprint density at radius 1 is 0.457 bits per heavy atom. The van der Waals surface area contributed by atoms with Gasteiger partial charge in [0.2, 0.25) is 0 Å². The number of fused-ring (bicyclic) bond motifs is 8. The fourth-order valence-electron chi connectivity index (χ4n) is 9.26.